The molecule has 2 N–H and O–H groups in total. The van der Waals surface area contributed by atoms with E-state index in [0.29, 0.717) is 19.0 Å². The number of primary sulfonamides is 1. The average molecular weight is 327 g/mol. The van der Waals surface area contributed by atoms with Gasteiger partial charge in [-0.05, 0) is 12.5 Å². The van der Waals surface area contributed by atoms with Crippen molar-refractivity contribution in [2.45, 2.75) is 18.2 Å². The van der Waals surface area contributed by atoms with Crippen molar-refractivity contribution in [1.82, 2.24) is 4.90 Å². The van der Waals surface area contributed by atoms with Crippen LogP contribution >= 0.6 is 11.6 Å². The van der Waals surface area contributed by atoms with Gasteiger partial charge in [0.25, 0.3) is 5.91 Å². The highest BCUT2D eigenvalue weighted by atomic mass is 35.5. The third kappa shape index (κ3) is 3.25. The van der Waals surface area contributed by atoms with Gasteiger partial charge in [0.15, 0.2) is 11.6 Å². The van der Waals surface area contributed by atoms with Gasteiger partial charge >= 0.3 is 0 Å². The number of halogens is 3. The summed E-state index contributed by atoms with van der Waals surface area (Å²) >= 11 is 5.70. The van der Waals surface area contributed by atoms with Crippen molar-refractivity contribution in [3.63, 3.8) is 0 Å². The summed E-state index contributed by atoms with van der Waals surface area (Å²) in [7, 11) is -3.17. The lowest BCUT2D eigenvalue weighted by Gasteiger charge is -2.18. The number of carbonyl (C=O) groups excluding carboxylic acids is 1. The number of nitrogens with two attached hydrogens (primary N) is 1. The Bertz CT molecular complexity index is 650. The molecule has 0 saturated heterocycles. The van der Waals surface area contributed by atoms with Crippen LogP contribution in [0.4, 0.5) is 8.78 Å². The van der Waals surface area contributed by atoms with Crippen molar-refractivity contribution in [2.24, 2.45) is 5.14 Å². The minimum Gasteiger partial charge on any atom is -0.342 e. The maximum absolute atomic E-state index is 13.5. The summed E-state index contributed by atoms with van der Waals surface area (Å²) in [5.41, 5.74) is -0.453. The Kier molecular flexibility index (Phi) is 5.06. The summed E-state index contributed by atoms with van der Waals surface area (Å²) in [6, 6.07) is 0.556. The monoisotopic (exact) mass is 326 g/mol. The summed E-state index contributed by atoms with van der Waals surface area (Å²) in [6.07, 6.45) is 0.631. The fourth-order valence-corrected chi connectivity index (χ4v) is 2.88. The molecule has 5 nitrogen and oxygen atoms in total. The van der Waals surface area contributed by atoms with Gasteiger partial charge in [0.05, 0.1) is 10.6 Å². The van der Waals surface area contributed by atoms with Gasteiger partial charge in [-0.3, -0.25) is 4.79 Å². The van der Waals surface area contributed by atoms with E-state index in [2.05, 4.69) is 0 Å². The number of amides is 1. The molecule has 0 aromatic heterocycles. The molecule has 20 heavy (non-hydrogen) atoms. The second kappa shape index (κ2) is 6.02. The Morgan fingerprint density at radius 2 is 2.00 bits per heavy atom. The molecule has 1 aromatic rings. The van der Waals surface area contributed by atoms with E-state index in [1.165, 1.54) is 11.9 Å². The molecule has 0 aliphatic heterocycles. The number of carbonyl (C=O) groups is 1. The van der Waals surface area contributed by atoms with Crippen LogP contribution in [0.5, 0.6) is 0 Å². The predicted octanol–water partition coefficient (Wildman–Crippen LogP) is 1.75. The molecule has 0 aliphatic carbocycles. The molecule has 112 valence electrons. The smallest absolute Gasteiger partial charge is 0.255 e. The molecule has 1 aromatic carbocycles. The quantitative estimate of drug-likeness (QED) is 0.856. The molecule has 0 saturated carbocycles. The standard InChI is InChI=1S/C11H13ClF2N2O3S/c1-3-4-16(2)11(17)6-5-7(13)9(14)10(8(6)12)20(15,18)19/h5H,3-4H2,1-2H3,(H2,15,18,19). The van der Waals surface area contributed by atoms with Gasteiger partial charge in [-0.25, -0.2) is 22.3 Å². The summed E-state index contributed by atoms with van der Waals surface area (Å²) < 4.78 is 49.5. The molecule has 0 aliphatic rings. The highest BCUT2D eigenvalue weighted by Crippen LogP contribution is 2.30. The lowest BCUT2D eigenvalue weighted by atomic mass is 10.2. The molecular weight excluding hydrogens is 314 g/mol. The Labute approximate surface area is 120 Å². The summed E-state index contributed by atoms with van der Waals surface area (Å²) in [4.78, 5) is 12.0. The SMILES string of the molecule is CCCN(C)C(=O)c1cc(F)c(F)c(S(N)(=O)=O)c1Cl. The number of sulfonamides is 1. The number of hydrogen-bond acceptors (Lipinski definition) is 3. The fraction of sp³-hybridized carbons (Fsp3) is 0.364. The normalized spacial score (nSPS) is 11.5. The molecule has 0 fully saturated rings. The second-order valence-electron chi connectivity index (χ2n) is 4.13. The van der Waals surface area contributed by atoms with Crippen LogP contribution in [0.2, 0.25) is 5.02 Å². The zero-order valence-electron chi connectivity index (χ0n) is 10.8. The van der Waals surface area contributed by atoms with Crippen LogP contribution in [-0.2, 0) is 10.0 Å². The second-order valence-corrected chi connectivity index (χ2v) is 6.01. The molecule has 0 atom stereocenters. The first-order valence-electron chi connectivity index (χ1n) is 5.57. The van der Waals surface area contributed by atoms with E-state index in [9.17, 15) is 22.0 Å². The topological polar surface area (TPSA) is 80.5 Å². The maximum Gasteiger partial charge on any atom is 0.255 e. The van der Waals surface area contributed by atoms with E-state index in [-0.39, 0.29) is 0 Å². The molecule has 1 rings (SSSR count). The molecule has 0 bridgehead atoms. The third-order valence-corrected chi connectivity index (χ3v) is 3.99. The van der Waals surface area contributed by atoms with Crippen LogP contribution in [-0.4, -0.2) is 32.8 Å². The minimum atomic E-state index is -4.60. The molecule has 0 unspecified atom stereocenters. The van der Waals surface area contributed by atoms with Crippen LogP contribution in [0.25, 0.3) is 0 Å². The zero-order chi connectivity index (χ0) is 15.7. The largest absolute Gasteiger partial charge is 0.342 e. The highest BCUT2D eigenvalue weighted by molar-refractivity contribution is 7.89. The van der Waals surface area contributed by atoms with Gasteiger partial charge in [0.1, 0.15) is 4.90 Å². The van der Waals surface area contributed by atoms with Gasteiger partial charge in [-0.2, -0.15) is 0 Å². The predicted molar refractivity (Wildman–Crippen MR) is 70.0 cm³/mol. The van der Waals surface area contributed by atoms with Gasteiger partial charge < -0.3 is 4.90 Å². The number of benzene rings is 1. The third-order valence-electron chi connectivity index (χ3n) is 2.54. The Morgan fingerprint density at radius 3 is 2.45 bits per heavy atom. The van der Waals surface area contributed by atoms with Crippen molar-refractivity contribution in [3.05, 3.63) is 28.3 Å². The number of rotatable bonds is 4. The first kappa shape index (κ1) is 16.8. The highest BCUT2D eigenvalue weighted by Gasteiger charge is 2.28. The van der Waals surface area contributed by atoms with Crippen molar-refractivity contribution >= 4 is 27.5 Å². The van der Waals surface area contributed by atoms with Gasteiger partial charge in [-0.15, -0.1) is 0 Å². The van der Waals surface area contributed by atoms with E-state index in [4.69, 9.17) is 16.7 Å². The van der Waals surface area contributed by atoms with Crippen LogP contribution in [0.15, 0.2) is 11.0 Å². The maximum atomic E-state index is 13.5. The number of hydrogen-bond donors (Lipinski definition) is 1. The van der Waals surface area contributed by atoms with E-state index < -0.39 is 43.0 Å². The van der Waals surface area contributed by atoms with Crippen molar-refractivity contribution in [1.29, 1.82) is 0 Å². The Morgan fingerprint density at radius 1 is 1.45 bits per heavy atom. The Balaban J connectivity index is 3.52. The molecular formula is C11H13ClF2N2O3S. The summed E-state index contributed by atoms with van der Waals surface area (Å²) in [5.74, 6) is -3.93. The first-order chi connectivity index (χ1) is 9.11. The first-order valence-corrected chi connectivity index (χ1v) is 7.49. The van der Waals surface area contributed by atoms with E-state index in [1.54, 1.807) is 0 Å². The molecule has 0 radical (unpaired) electrons. The fourth-order valence-electron chi connectivity index (χ4n) is 1.63. The summed E-state index contributed by atoms with van der Waals surface area (Å²) in [5, 5.41) is 4.06. The minimum absolute atomic E-state index is 0.346. The molecule has 0 heterocycles. The Hall–Kier alpha value is -1.25. The van der Waals surface area contributed by atoms with Crippen molar-refractivity contribution in [2.75, 3.05) is 13.6 Å². The lowest BCUT2D eigenvalue weighted by Crippen LogP contribution is -2.28. The van der Waals surface area contributed by atoms with Gasteiger partial charge in [0, 0.05) is 13.6 Å². The van der Waals surface area contributed by atoms with E-state index in [1.807, 2.05) is 6.92 Å². The lowest BCUT2D eigenvalue weighted by molar-refractivity contribution is 0.0794. The van der Waals surface area contributed by atoms with Crippen LogP contribution in [0.3, 0.4) is 0 Å². The molecule has 0 spiro atoms. The zero-order valence-corrected chi connectivity index (χ0v) is 12.4. The van der Waals surface area contributed by atoms with Crippen molar-refractivity contribution in [3.8, 4) is 0 Å². The van der Waals surface area contributed by atoms with Crippen LogP contribution in [0.1, 0.15) is 23.7 Å². The van der Waals surface area contributed by atoms with E-state index >= 15 is 0 Å². The number of nitrogens with zero attached hydrogens (tertiary/aromatic N) is 1. The van der Waals surface area contributed by atoms with E-state index in [0.717, 1.165) is 0 Å². The van der Waals surface area contributed by atoms with Crippen LogP contribution in [0, 0.1) is 11.6 Å². The molecule has 9 heteroatoms. The van der Waals surface area contributed by atoms with Crippen LogP contribution < -0.4 is 5.14 Å². The van der Waals surface area contributed by atoms with Gasteiger partial charge in [-0.1, -0.05) is 18.5 Å². The van der Waals surface area contributed by atoms with Crippen molar-refractivity contribution < 1.29 is 22.0 Å². The summed E-state index contributed by atoms with van der Waals surface area (Å²) in [6.45, 7) is 2.16. The molecule has 1 amide bonds. The van der Waals surface area contributed by atoms with Gasteiger partial charge in [0.2, 0.25) is 10.0 Å². The average Bonchev–Trinajstić information content (AvgIpc) is 2.31.